The zero-order chi connectivity index (χ0) is 16.2. The molecule has 1 aromatic carbocycles. The predicted molar refractivity (Wildman–Crippen MR) is 85.1 cm³/mol. The highest BCUT2D eigenvalue weighted by atomic mass is 28.4. The van der Waals surface area contributed by atoms with Gasteiger partial charge in [-0.2, -0.15) is 0 Å². The van der Waals surface area contributed by atoms with Crippen molar-refractivity contribution in [2.75, 3.05) is 5.73 Å². The van der Waals surface area contributed by atoms with E-state index in [0.29, 0.717) is 11.3 Å². The molecule has 5 nitrogen and oxygen atoms in total. The number of carbonyl (C=O) groups excluding carboxylic acids is 1. The maximum Gasteiger partial charge on any atom is 0.343 e. The number of nitrogen functional groups attached to an aromatic ring is 1. The third-order valence-electron chi connectivity index (χ3n) is 3.44. The Morgan fingerprint density at radius 2 is 1.76 bits per heavy atom. The molecule has 0 amide bonds. The molecule has 0 heterocycles. The second kappa shape index (κ2) is 6.58. The monoisotopic (exact) mass is 307 g/mol. The molecule has 0 spiro atoms. The van der Waals surface area contributed by atoms with Crippen LogP contribution in [0.4, 0.5) is 5.69 Å². The van der Waals surface area contributed by atoms with Gasteiger partial charge in [-0.3, -0.25) is 0 Å². The zero-order valence-corrected chi connectivity index (χ0v) is 13.7. The van der Waals surface area contributed by atoms with E-state index in [-0.39, 0.29) is 11.1 Å². The maximum atomic E-state index is 12.1. The van der Waals surface area contributed by atoms with E-state index in [9.17, 15) is 14.7 Å². The van der Waals surface area contributed by atoms with Gasteiger partial charge in [-0.15, -0.1) is 0 Å². The Kier molecular flexibility index (Phi) is 5.32. The van der Waals surface area contributed by atoms with E-state index in [0.717, 1.165) is 0 Å². The van der Waals surface area contributed by atoms with Crippen LogP contribution in [0.25, 0.3) is 6.08 Å². The van der Waals surface area contributed by atoms with Crippen LogP contribution in [0.2, 0.25) is 18.6 Å². The van der Waals surface area contributed by atoms with Crippen LogP contribution < -0.4 is 5.73 Å². The molecular weight excluding hydrogens is 286 g/mol. The summed E-state index contributed by atoms with van der Waals surface area (Å²) in [5.74, 6) is -2.09. The second-order valence-electron chi connectivity index (χ2n) is 5.68. The quantitative estimate of drug-likeness (QED) is 0.287. The van der Waals surface area contributed by atoms with Crippen LogP contribution in [0.15, 0.2) is 29.8 Å². The van der Waals surface area contributed by atoms with Gasteiger partial charge in [0.2, 0.25) is 0 Å². The Morgan fingerprint density at radius 3 is 2.19 bits per heavy atom. The molecule has 3 N–H and O–H groups in total. The normalized spacial score (nSPS) is 12.3. The van der Waals surface area contributed by atoms with Crippen molar-refractivity contribution in [2.24, 2.45) is 0 Å². The molecule has 0 saturated heterocycles. The minimum absolute atomic E-state index is 0.202. The van der Waals surface area contributed by atoms with E-state index in [4.69, 9.17) is 10.2 Å². The first-order valence-corrected chi connectivity index (χ1v) is 9.66. The van der Waals surface area contributed by atoms with Gasteiger partial charge in [-0.1, -0.05) is 26.0 Å². The number of anilines is 1. The summed E-state index contributed by atoms with van der Waals surface area (Å²) in [6.45, 7) is 7.70. The number of benzene rings is 1. The smallest absolute Gasteiger partial charge is 0.343 e. The number of carboxylic acids is 1. The van der Waals surface area contributed by atoms with Crippen LogP contribution in [-0.2, 0) is 14.0 Å². The summed E-state index contributed by atoms with van der Waals surface area (Å²) < 4.78 is 5.44. The summed E-state index contributed by atoms with van der Waals surface area (Å²) in [7, 11) is -2.25. The molecule has 0 aliphatic heterocycles. The number of hydrogen-bond acceptors (Lipinski definition) is 4. The molecule has 0 radical (unpaired) electrons. The van der Waals surface area contributed by atoms with Crippen LogP contribution in [0, 0.1) is 0 Å². The van der Waals surface area contributed by atoms with Crippen LogP contribution in [0.5, 0.6) is 0 Å². The molecule has 6 heteroatoms. The lowest BCUT2D eigenvalue weighted by atomic mass is 10.1. The van der Waals surface area contributed by atoms with Crippen molar-refractivity contribution < 1.29 is 19.1 Å². The van der Waals surface area contributed by atoms with Gasteiger partial charge >= 0.3 is 11.9 Å². The Morgan fingerprint density at radius 1 is 1.24 bits per heavy atom. The Hall–Kier alpha value is -2.08. The van der Waals surface area contributed by atoms with Crippen molar-refractivity contribution in [3.8, 4) is 0 Å². The lowest BCUT2D eigenvalue weighted by molar-refractivity contribution is -0.139. The second-order valence-corrected chi connectivity index (χ2v) is 10.2. The molecule has 0 aliphatic carbocycles. The number of aliphatic carboxylic acids is 1. The molecule has 0 unspecified atom stereocenters. The molecule has 0 saturated carbocycles. The molecule has 0 bridgehead atoms. The molecular formula is C15H21NO4Si. The summed E-state index contributed by atoms with van der Waals surface area (Å²) in [6, 6.07) is 6.58. The molecule has 114 valence electrons. The highest BCUT2D eigenvalue weighted by Gasteiger charge is 2.33. The SMILES string of the molecule is CC(C)[Si](C)(C)OC(=O)C(=Cc1ccc(N)cc1)C(=O)O. The Bertz CT molecular complexity index is 562. The van der Waals surface area contributed by atoms with E-state index in [1.807, 2.05) is 26.9 Å². The van der Waals surface area contributed by atoms with Crippen molar-refractivity contribution in [3.63, 3.8) is 0 Å². The zero-order valence-electron chi connectivity index (χ0n) is 12.7. The van der Waals surface area contributed by atoms with Gasteiger partial charge in [0.25, 0.3) is 8.32 Å². The summed E-state index contributed by atoms with van der Waals surface area (Å²) in [5.41, 5.74) is 6.55. The van der Waals surface area contributed by atoms with Gasteiger partial charge in [0.15, 0.2) is 0 Å². The predicted octanol–water partition coefficient (Wildman–Crippen LogP) is 2.90. The van der Waals surface area contributed by atoms with Gasteiger partial charge in [0, 0.05) is 5.69 Å². The van der Waals surface area contributed by atoms with Crippen molar-refractivity contribution in [2.45, 2.75) is 32.5 Å². The molecule has 1 rings (SSSR count). The van der Waals surface area contributed by atoms with Crippen LogP contribution in [0.1, 0.15) is 19.4 Å². The molecule has 21 heavy (non-hydrogen) atoms. The third-order valence-corrected chi connectivity index (χ3v) is 6.94. The first-order chi connectivity index (χ1) is 9.63. The fourth-order valence-electron chi connectivity index (χ4n) is 1.38. The Balaban J connectivity index is 3.04. The highest BCUT2D eigenvalue weighted by Crippen LogP contribution is 2.23. The number of hydrogen-bond donors (Lipinski definition) is 2. The molecule has 0 aliphatic rings. The highest BCUT2D eigenvalue weighted by molar-refractivity contribution is 6.74. The van der Waals surface area contributed by atoms with Gasteiger partial charge in [0.05, 0.1) is 0 Å². The fraction of sp³-hybridized carbons (Fsp3) is 0.333. The van der Waals surface area contributed by atoms with Crippen LogP contribution in [-0.4, -0.2) is 25.4 Å². The van der Waals surface area contributed by atoms with Crippen molar-refractivity contribution >= 4 is 32.0 Å². The number of rotatable bonds is 5. The van der Waals surface area contributed by atoms with E-state index in [1.54, 1.807) is 24.3 Å². The van der Waals surface area contributed by atoms with Crippen molar-refractivity contribution in [1.82, 2.24) is 0 Å². The number of nitrogens with two attached hydrogens (primary N) is 1. The molecule has 0 aromatic heterocycles. The minimum atomic E-state index is -2.25. The summed E-state index contributed by atoms with van der Waals surface area (Å²) in [4.78, 5) is 23.4. The van der Waals surface area contributed by atoms with Gasteiger partial charge < -0.3 is 15.3 Å². The van der Waals surface area contributed by atoms with Gasteiger partial charge in [-0.05, 0) is 42.4 Å². The third kappa shape index (κ3) is 4.75. The number of carboxylic acid groups (broad SMARTS) is 1. The standard InChI is InChI=1S/C15H21NO4Si/c1-10(2)21(3,4)20-15(19)13(14(17)18)9-11-5-7-12(16)8-6-11/h5-10H,16H2,1-4H3,(H,17,18). The summed E-state index contributed by atoms with van der Waals surface area (Å²) in [6.07, 6.45) is 1.30. The van der Waals surface area contributed by atoms with E-state index >= 15 is 0 Å². The largest absolute Gasteiger partial charge is 0.516 e. The molecule has 1 aromatic rings. The van der Waals surface area contributed by atoms with E-state index in [1.165, 1.54) is 6.08 Å². The van der Waals surface area contributed by atoms with Crippen molar-refractivity contribution in [3.05, 3.63) is 35.4 Å². The van der Waals surface area contributed by atoms with E-state index < -0.39 is 20.3 Å². The van der Waals surface area contributed by atoms with Gasteiger partial charge in [0.1, 0.15) is 5.57 Å². The minimum Gasteiger partial charge on any atom is -0.516 e. The first-order valence-electron chi connectivity index (χ1n) is 6.67. The van der Waals surface area contributed by atoms with Crippen LogP contribution in [0.3, 0.4) is 0 Å². The molecule has 0 atom stereocenters. The fourth-order valence-corrected chi connectivity index (χ4v) is 2.20. The van der Waals surface area contributed by atoms with Crippen LogP contribution >= 0.6 is 0 Å². The first kappa shape index (κ1) is 17.0. The van der Waals surface area contributed by atoms with E-state index in [2.05, 4.69) is 0 Å². The van der Waals surface area contributed by atoms with Crippen molar-refractivity contribution in [1.29, 1.82) is 0 Å². The average molecular weight is 307 g/mol. The topological polar surface area (TPSA) is 89.6 Å². The summed E-state index contributed by atoms with van der Waals surface area (Å²) in [5, 5.41) is 9.22. The summed E-state index contributed by atoms with van der Waals surface area (Å²) >= 11 is 0. The molecule has 0 fully saturated rings. The number of carbonyl (C=O) groups is 2. The average Bonchev–Trinajstić information content (AvgIpc) is 2.36. The van der Waals surface area contributed by atoms with Gasteiger partial charge in [-0.25, -0.2) is 9.59 Å². The lowest BCUT2D eigenvalue weighted by Gasteiger charge is -2.26. The Labute approximate surface area is 125 Å². The maximum absolute atomic E-state index is 12.1. The lowest BCUT2D eigenvalue weighted by Crippen LogP contribution is -2.37.